The average Bonchev–Trinajstić information content (AvgIpc) is 3.30. The Balaban J connectivity index is 3.99. The average molecular weight is 970 g/mol. The third-order valence-corrected chi connectivity index (χ3v) is 12.8. The number of phosphoric acid groups is 1. The number of aliphatic hydroxyl groups is 1. The molecule has 0 aliphatic rings. The van der Waals surface area contributed by atoms with Crippen LogP contribution in [-0.2, 0) is 18.4 Å². The molecule has 9 heteroatoms. The number of hydrogen-bond donors (Lipinski definition) is 3. The smallest absolute Gasteiger partial charge is 0.391 e. The Morgan fingerprint density at radius 2 is 0.882 bits per heavy atom. The van der Waals surface area contributed by atoms with Crippen LogP contribution in [0.15, 0.2) is 97.2 Å². The third-order valence-electron chi connectivity index (χ3n) is 11.8. The van der Waals surface area contributed by atoms with Gasteiger partial charge in [-0.3, -0.25) is 13.8 Å². The number of carbonyl (C=O) groups is 1. The molecular weight excluding hydrogens is 864 g/mol. The van der Waals surface area contributed by atoms with E-state index in [0.717, 1.165) is 89.9 Å². The van der Waals surface area contributed by atoms with Crippen molar-refractivity contribution >= 4 is 13.7 Å². The molecule has 0 bridgehead atoms. The Labute approximate surface area is 419 Å². The van der Waals surface area contributed by atoms with Crippen molar-refractivity contribution in [2.24, 2.45) is 0 Å². The number of quaternary nitrogens is 1. The lowest BCUT2D eigenvalue weighted by molar-refractivity contribution is -0.870. The van der Waals surface area contributed by atoms with E-state index in [0.29, 0.717) is 23.9 Å². The Morgan fingerprint density at radius 3 is 1.29 bits per heavy atom. The van der Waals surface area contributed by atoms with Crippen LogP contribution in [0.5, 0.6) is 0 Å². The second-order valence-electron chi connectivity index (χ2n) is 19.6. The maximum atomic E-state index is 12.9. The number of nitrogens with zero attached hydrogens (tertiary/aromatic N) is 1. The molecule has 0 saturated heterocycles. The number of hydrogen-bond acceptors (Lipinski definition) is 5. The lowest BCUT2D eigenvalue weighted by Gasteiger charge is -2.26. The molecule has 0 heterocycles. The van der Waals surface area contributed by atoms with Crippen LogP contribution in [0.2, 0.25) is 0 Å². The topological polar surface area (TPSA) is 105 Å². The largest absolute Gasteiger partial charge is 0.472 e. The summed E-state index contributed by atoms with van der Waals surface area (Å²) in [5.74, 6) is -0.153. The first-order valence-electron chi connectivity index (χ1n) is 27.6. The van der Waals surface area contributed by atoms with Crippen LogP contribution in [0.1, 0.15) is 219 Å². The number of aliphatic hydroxyl groups excluding tert-OH is 1. The predicted octanol–water partition coefficient (Wildman–Crippen LogP) is 16.6. The van der Waals surface area contributed by atoms with Crippen molar-refractivity contribution in [3.63, 3.8) is 0 Å². The quantitative estimate of drug-likeness (QED) is 0.0243. The molecule has 0 aliphatic heterocycles. The highest BCUT2D eigenvalue weighted by molar-refractivity contribution is 7.47. The van der Waals surface area contributed by atoms with Gasteiger partial charge in [-0.15, -0.1) is 0 Å². The molecule has 0 aliphatic carbocycles. The van der Waals surface area contributed by atoms with Gasteiger partial charge in [0.1, 0.15) is 13.2 Å². The number of rotatable bonds is 49. The summed E-state index contributed by atoms with van der Waals surface area (Å²) in [4.78, 5) is 23.2. The van der Waals surface area contributed by atoms with Gasteiger partial charge in [0.05, 0.1) is 39.9 Å². The number of amides is 1. The van der Waals surface area contributed by atoms with Crippen LogP contribution < -0.4 is 5.32 Å². The van der Waals surface area contributed by atoms with Crippen molar-refractivity contribution < 1.29 is 32.9 Å². The van der Waals surface area contributed by atoms with Crippen molar-refractivity contribution in [1.82, 2.24) is 5.32 Å². The van der Waals surface area contributed by atoms with Crippen LogP contribution in [0.4, 0.5) is 0 Å². The molecule has 0 radical (unpaired) electrons. The number of phosphoric ester groups is 1. The molecule has 8 nitrogen and oxygen atoms in total. The fourth-order valence-electron chi connectivity index (χ4n) is 7.53. The first-order chi connectivity index (χ1) is 33.0. The van der Waals surface area contributed by atoms with Gasteiger partial charge in [-0.2, -0.15) is 0 Å². The second-order valence-corrected chi connectivity index (χ2v) is 21.0. The Bertz CT molecular complexity index is 1420. The first-order valence-corrected chi connectivity index (χ1v) is 29.1. The highest BCUT2D eigenvalue weighted by atomic mass is 31.2. The molecule has 3 N–H and O–H groups in total. The number of carbonyl (C=O) groups excluding carboxylic acids is 1. The van der Waals surface area contributed by atoms with Gasteiger partial charge in [0.2, 0.25) is 5.91 Å². The molecule has 3 atom stereocenters. The molecule has 0 fully saturated rings. The molecule has 3 unspecified atom stereocenters. The molecule has 0 aromatic carbocycles. The summed E-state index contributed by atoms with van der Waals surface area (Å²) < 4.78 is 23.6. The van der Waals surface area contributed by atoms with Gasteiger partial charge in [0.15, 0.2) is 0 Å². The van der Waals surface area contributed by atoms with Crippen LogP contribution >= 0.6 is 7.82 Å². The molecule has 392 valence electrons. The van der Waals surface area contributed by atoms with Gasteiger partial charge >= 0.3 is 7.82 Å². The van der Waals surface area contributed by atoms with E-state index in [2.05, 4.69) is 116 Å². The molecule has 68 heavy (non-hydrogen) atoms. The van der Waals surface area contributed by atoms with Gasteiger partial charge in [0.25, 0.3) is 0 Å². The maximum Gasteiger partial charge on any atom is 0.472 e. The van der Waals surface area contributed by atoms with Crippen molar-refractivity contribution in [3.8, 4) is 0 Å². The van der Waals surface area contributed by atoms with E-state index >= 15 is 0 Å². The minimum Gasteiger partial charge on any atom is -0.391 e. The Hall–Kier alpha value is -2.58. The Kier molecular flexibility index (Phi) is 47.5. The lowest BCUT2D eigenvalue weighted by atomic mass is 10.0. The van der Waals surface area contributed by atoms with E-state index in [4.69, 9.17) is 9.05 Å². The van der Waals surface area contributed by atoms with Crippen molar-refractivity contribution in [3.05, 3.63) is 97.2 Å². The zero-order chi connectivity index (χ0) is 49.9. The lowest BCUT2D eigenvalue weighted by Crippen LogP contribution is -2.46. The number of unbranched alkanes of at least 4 members (excludes halogenated alkanes) is 20. The zero-order valence-electron chi connectivity index (χ0n) is 44.6. The minimum absolute atomic E-state index is 0.0706. The van der Waals surface area contributed by atoms with E-state index in [1.54, 1.807) is 0 Å². The molecule has 0 spiro atoms. The van der Waals surface area contributed by atoms with E-state index < -0.39 is 20.0 Å². The third kappa shape index (κ3) is 51.3. The highest BCUT2D eigenvalue weighted by Crippen LogP contribution is 2.43. The van der Waals surface area contributed by atoms with Crippen molar-refractivity contribution in [2.45, 2.75) is 231 Å². The molecule has 1 amide bonds. The van der Waals surface area contributed by atoms with E-state index in [1.165, 1.54) is 103 Å². The molecule has 0 rings (SSSR count). The summed E-state index contributed by atoms with van der Waals surface area (Å²) in [5.41, 5.74) is 0. The van der Waals surface area contributed by atoms with Crippen LogP contribution in [-0.4, -0.2) is 73.4 Å². The van der Waals surface area contributed by atoms with Gasteiger partial charge in [-0.1, -0.05) is 233 Å². The highest BCUT2D eigenvalue weighted by Gasteiger charge is 2.28. The van der Waals surface area contributed by atoms with Crippen LogP contribution in [0.3, 0.4) is 0 Å². The van der Waals surface area contributed by atoms with Gasteiger partial charge in [0, 0.05) is 6.42 Å². The zero-order valence-corrected chi connectivity index (χ0v) is 45.5. The van der Waals surface area contributed by atoms with Crippen molar-refractivity contribution in [1.29, 1.82) is 0 Å². The van der Waals surface area contributed by atoms with Gasteiger partial charge in [-0.25, -0.2) is 4.57 Å². The van der Waals surface area contributed by atoms with Crippen molar-refractivity contribution in [2.75, 3.05) is 40.9 Å². The van der Waals surface area contributed by atoms with Gasteiger partial charge in [-0.05, 0) is 77.0 Å². The van der Waals surface area contributed by atoms with E-state index in [-0.39, 0.29) is 19.1 Å². The first kappa shape index (κ1) is 65.4. The molecule has 0 aromatic heterocycles. The summed E-state index contributed by atoms with van der Waals surface area (Å²) in [6.07, 6.45) is 70.5. The summed E-state index contributed by atoms with van der Waals surface area (Å²) in [6.45, 7) is 4.73. The van der Waals surface area contributed by atoms with Crippen LogP contribution in [0.25, 0.3) is 0 Å². The SMILES string of the molecule is CC/C=C\C/C=C\C/C=C\C/C=C\C/C=C\C/C=C\C/C=C\C/C=C\CCCCCCCCCCCCCCC(=O)NC(COP(=O)(O)OCC[N+](C)(C)C)C(O)CCCCCCCCCCC. The minimum atomic E-state index is -4.32. The fraction of sp³-hybridized carbons (Fsp3) is 0.712. The monoisotopic (exact) mass is 970 g/mol. The summed E-state index contributed by atoms with van der Waals surface area (Å²) in [7, 11) is 1.60. The number of nitrogens with one attached hydrogen (secondary N) is 1. The van der Waals surface area contributed by atoms with E-state index in [1.807, 2.05) is 21.1 Å². The second kappa shape index (κ2) is 49.4. The molecule has 0 aromatic rings. The van der Waals surface area contributed by atoms with Crippen LogP contribution in [0, 0.1) is 0 Å². The Morgan fingerprint density at radius 1 is 0.515 bits per heavy atom. The van der Waals surface area contributed by atoms with E-state index in [9.17, 15) is 19.4 Å². The van der Waals surface area contributed by atoms with Gasteiger partial charge < -0.3 is 19.8 Å². The normalized spacial score (nSPS) is 14.8. The fourth-order valence-corrected chi connectivity index (χ4v) is 8.27. The number of likely N-dealkylation sites (N-methyl/N-ethyl adjacent to an activating group) is 1. The summed E-state index contributed by atoms with van der Waals surface area (Å²) in [6, 6.07) is -0.764. The maximum absolute atomic E-state index is 12.9. The number of allylic oxidation sites excluding steroid dienone is 16. The molecule has 0 saturated carbocycles. The molecular formula is C59H106N2O6P+. The standard InChI is InChI=1S/C59H105N2O6P/c1-6-8-10-12-14-16-17-18-19-20-21-22-23-24-25-26-27-28-29-30-31-32-33-34-35-36-37-38-39-40-41-42-43-45-47-49-51-53-59(63)60-57(56-67-68(64,65)66-55-54-61(3,4)5)58(62)52-50-48-46-44-15-13-11-9-7-2/h8,10,14,16,18-19,21-22,24-25,27-28,30-31,33-34,57-58,62H,6-7,9,11-13,15,17,20,23,26,29,32,35-56H2,1-5H3,(H-,60,63,64,65)/p+1/b10-8-,16-14-,19-18-,22-21-,25-24-,28-27-,31-30-,34-33-. The summed E-state index contributed by atoms with van der Waals surface area (Å²) >= 11 is 0. The predicted molar refractivity (Wildman–Crippen MR) is 295 cm³/mol. The summed E-state index contributed by atoms with van der Waals surface area (Å²) in [5, 5.41) is 13.9.